The van der Waals surface area contributed by atoms with Crippen LogP contribution in [0.15, 0.2) is 0 Å². The Morgan fingerprint density at radius 3 is 2.44 bits per heavy atom. The van der Waals surface area contributed by atoms with Crippen molar-refractivity contribution in [2.45, 2.75) is 6.92 Å². The minimum atomic E-state index is -0.427. The van der Waals surface area contributed by atoms with E-state index in [1.165, 1.54) is 6.92 Å². The Hall–Kier alpha value is -0.380. The molecule has 0 bridgehead atoms. The Kier molecular flexibility index (Phi) is 4.30. The fourth-order valence-corrected chi connectivity index (χ4v) is 0.383. The molecule has 4 heteroatoms. The van der Waals surface area contributed by atoms with Crippen LogP contribution in [0.2, 0.25) is 0 Å². The number of Topliss-reactive ketones (excluding diaryl/α,β-unsaturated/α-hetero) is 1. The van der Waals surface area contributed by atoms with Crippen LogP contribution in [0.4, 0.5) is 0 Å². The average Bonchev–Trinajstić information content (AvgIpc) is 1.83. The van der Waals surface area contributed by atoms with Gasteiger partial charge in [0.05, 0.1) is 5.33 Å². The fourth-order valence-electron chi connectivity index (χ4n) is 0.221. The van der Waals surface area contributed by atoms with Crippen molar-refractivity contribution in [1.82, 2.24) is 0 Å². The molecule has 0 heterocycles. The number of esters is 1. The molecular formula is C5H7BrO3. The fraction of sp³-hybridized carbons (Fsp3) is 0.600. The van der Waals surface area contributed by atoms with Gasteiger partial charge >= 0.3 is 5.97 Å². The van der Waals surface area contributed by atoms with E-state index in [1.807, 2.05) is 0 Å². The van der Waals surface area contributed by atoms with Gasteiger partial charge in [-0.1, -0.05) is 15.9 Å². The number of halogens is 1. The van der Waals surface area contributed by atoms with Crippen molar-refractivity contribution in [3.8, 4) is 0 Å². The van der Waals surface area contributed by atoms with Crippen LogP contribution in [-0.2, 0) is 14.3 Å². The topological polar surface area (TPSA) is 43.4 Å². The maximum Gasteiger partial charge on any atom is 0.303 e. The molecule has 0 atom stereocenters. The molecule has 0 radical (unpaired) electrons. The van der Waals surface area contributed by atoms with Gasteiger partial charge in [0.1, 0.15) is 0 Å². The molecule has 0 rings (SSSR count). The first-order chi connectivity index (χ1) is 4.16. The largest absolute Gasteiger partial charge is 0.458 e. The SMILES string of the molecule is CC(=O)OCC(=O)CBr. The molecule has 0 aromatic heterocycles. The van der Waals surface area contributed by atoms with Crippen molar-refractivity contribution in [3.05, 3.63) is 0 Å². The second kappa shape index (κ2) is 4.49. The first-order valence-corrected chi connectivity index (χ1v) is 3.50. The zero-order valence-electron chi connectivity index (χ0n) is 5.02. The minimum Gasteiger partial charge on any atom is -0.458 e. The molecule has 0 aliphatic carbocycles. The number of ketones is 1. The molecule has 0 saturated carbocycles. The molecule has 0 saturated heterocycles. The summed E-state index contributed by atoms with van der Waals surface area (Å²) in [4.78, 5) is 20.5. The normalized spacial score (nSPS) is 8.67. The second-order valence-corrected chi connectivity index (χ2v) is 2.01. The van der Waals surface area contributed by atoms with Gasteiger partial charge in [0.25, 0.3) is 0 Å². The highest BCUT2D eigenvalue weighted by Gasteiger charge is 1.99. The molecule has 0 N–H and O–H groups in total. The average molecular weight is 195 g/mol. The molecule has 0 aromatic carbocycles. The van der Waals surface area contributed by atoms with Gasteiger partial charge in [0, 0.05) is 6.92 Å². The highest BCUT2D eigenvalue weighted by Crippen LogP contribution is 1.84. The monoisotopic (exact) mass is 194 g/mol. The Labute approximate surface area is 61.5 Å². The van der Waals surface area contributed by atoms with E-state index in [0.29, 0.717) is 0 Å². The van der Waals surface area contributed by atoms with E-state index in [1.54, 1.807) is 0 Å². The summed E-state index contributed by atoms with van der Waals surface area (Å²) in [5.41, 5.74) is 0. The summed E-state index contributed by atoms with van der Waals surface area (Å²) in [5.74, 6) is -0.561. The molecule has 0 aromatic rings. The van der Waals surface area contributed by atoms with Crippen LogP contribution in [0.25, 0.3) is 0 Å². The summed E-state index contributed by atoms with van der Waals surface area (Å²) in [7, 11) is 0. The van der Waals surface area contributed by atoms with Gasteiger partial charge in [-0.15, -0.1) is 0 Å². The zero-order valence-corrected chi connectivity index (χ0v) is 6.60. The van der Waals surface area contributed by atoms with Crippen LogP contribution in [0.3, 0.4) is 0 Å². The van der Waals surface area contributed by atoms with Crippen LogP contribution < -0.4 is 0 Å². The molecule has 0 fully saturated rings. The third kappa shape index (κ3) is 5.49. The highest BCUT2D eigenvalue weighted by atomic mass is 79.9. The number of rotatable bonds is 3. The molecule has 0 aliphatic heterocycles. The van der Waals surface area contributed by atoms with Crippen molar-refractivity contribution in [1.29, 1.82) is 0 Å². The van der Waals surface area contributed by atoms with Crippen LogP contribution in [0.1, 0.15) is 6.92 Å². The van der Waals surface area contributed by atoms with Crippen molar-refractivity contribution in [2.24, 2.45) is 0 Å². The Balaban J connectivity index is 3.28. The number of carbonyl (C=O) groups excluding carboxylic acids is 2. The Morgan fingerprint density at radius 1 is 1.56 bits per heavy atom. The lowest BCUT2D eigenvalue weighted by Gasteiger charge is -1.95. The van der Waals surface area contributed by atoms with E-state index in [9.17, 15) is 9.59 Å². The van der Waals surface area contributed by atoms with Gasteiger partial charge in [-0.2, -0.15) is 0 Å². The number of hydrogen-bond acceptors (Lipinski definition) is 3. The lowest BCUT2D eigenvalue weighted by Crippen LogP contribution is -2.11. The van der Waals surface area contributed by atoms with E-state index in [4.69, 9.17) is 0 Å². The zero-order chi connectivity index (χ0) is 7.28. The van der Waals surface area contributed by atoms with Crippen molar-refractivity contribution in [3.63, 3.8) is 0 Å². The van der Waals surface area contributed by atoms with E-state index in [-0.39, 0.29) is 17.7 Å². The van der Waals surface area contributed by atoms with Gasteiger partial charge in [-0.25, -0.2) is 0 Å². The standard InChI is InChI=1S/C5H7BrO3/c1-4(7)9-3-5(8)2-6/h2-3H2,1H3. The van der Waals surface area contributed by atoms with Crippen LogP contribution in [-0.4, -0.2) is 23.7 Å². The lowest BCUT2D eigenvalue weighted by molar-refractivity contribution is -0.145. The van der Waals surface area contributed by atoms with Gasteiger partial charge in [0.2, 0.25) is 0 Å². The third-order valence-electron chi connectivity index (χ3n) is 0.585. The molecule has 0 spiro atoms. The Morgan fingerprint density at radius 2 is 2.11 bits per heavy atom. The molecule has 0 aliphatic rings. The van der Waals surface area contributed by atoms with Gasteiger partial charge < -0.3 is 4.74 Å². The van der Waals surface area contributed by atoms with Gasteiger partial charge in [-0.05, 0) is 0 Å². The summed E-state index contributed by atoms with van der Waals surface area (Å²) >= 11 is 2.92. The van der Waals surface area contributed by atoms with Crippen LogP contribution >= 0.6 is 15.9 Å². The lowest BCUT2D eigenvalue weighted by atomic mass is 10.5. The summed E-state index contributed by atoms with van der Waals surface area (Å²) in [6.45, 7) is 1.14. The van der Waals surface area contributed by atoms with E-state index < -0.39 is 5.97 Å². The Bertz CT molecular complexity index is 121. The molecule has 0 unspecified atom stereocenters. The third-order valence-corrected chi connectivity index (χ3v) is 1.21. The second-order valence-electron chi connectivity index (χ2n) is 1.45. The first-order valence-electron chi connectivity index (χ1n) is 2.38. The maximum absolute atomic E-state index is 10.4. The van der Waals surface area contributed by atoms with Gasteiger partial charge in [0.15, 0.2) is 12.4 Å². The first kappa shape index (κ1) is 8.62. The summed E-state index contributed by atoms with van der Waals surface area (Å²) in [5, 5.41) is 0.236. The number of alkyl halides is 1. The summed E-state index contributed by atoms with van der Waals surface area (Å²) in [6, 6.07) is 0. The van der Waals surface area contributed by atoms with E-state index in [2.05, 4.69) is 20.7 Å². The smallest absolute Gasteiger partial charge is 0.303 e. The molecular weight excluding hydrogens is 188 g/mol. The minimum absolute atomic E-state index is 0.124. The van der Waals surface area contributed by atoms with E-state index in [0.717, 1.165) is 0 Å². The van der Waals surface area contributed by atoms with Crippen molar-refractivity contribution in [2.75, 3.05) is 11.9 Å². The number of carbonyl (C=O) groups is 2. The summed E-state index contributed by atoms with van der Waals surface area (Å²) < 4.78 is 4.38. The van der Waals surface area contributed by atoms with E-state index >= 15 is 0 Å². The molecule has 0 amide bonds. The molecule has 52 valence electrons. The van der Waals surface area contributed by atoms with Crippen molar-refractivity contribution >= 4 is 27.7 Å². The van der Waals surface area contributed by atoms with Gasteiger partial charge in [-0.3, -0.25) is 9.59 Å². The van der Waals surface area contributed by atoms with Crippen molar-refractivity contribution < 1.29 is 14.3 Å². The van der Waals surface area contributed by atoms with Crippen LogP contribution in [0, 0.1) is 0 Å². The maximum atomic E-state index is 10.4. The highest BCUT2D eigenvalue weighted by molar-refractivity contribution is 9.09. The summed E-state index contributed by atoms with van der Waals surface area (Å²) in [6.07, 6.45) is 0. The quantitative estimate of drug-likeness (QED) is 0.486. The predicted molar refractivity (Wildman–Crippen MR) is 35.4 cm³/mol. The molecule has 9 heavy (non-hydrogen) atoms. The number of hydrogen-bond donors (Lipinski definition) is 0. The van der Waals surface area contributed by atoms with Crippen LogP contribution in [0.5, 0.6) is 0 Å². The predicted octanol–water partition coefficient (Wildman–Crippen LogP) is 0.513. The number of ether oxygens (including phenoxy) is 1. The molecule has 3 nitrogen and oxygen atoms in total.